The number of hydrogen-bond donors (Lipinski definition) is 0. The Hall–Kier alpha value is -3.85. The van der Waals surface area contributed by atoms with Crippen molar-refractivity contribution in [2.45, 2.75) is 51.6 Å². The van der Waals surface area contributed by atoms with Crippen LogP contribution in [0.25, 0.3) is 10.9 Å². The molecule has 8 nitrogen and oxygen atoms in total. The van der Waals surface area contributed by atoms with Gasteiger partial charge in [0.25, 0.3) is 11.2 Å². The number of aromatic nitrogens is 2. The second kappa shape index (κ2) is 11.3. The van der Waals surface area contributed by atoms with Crippen LogP contribution in [-0.4, -0.2) is 20.8 Å². The van der Waals surface area contributed by atoms with Gasteiger partial charge in [0.2, 0.25) is 0 Å². The van der Waals surface area contributed by atoms with Crippen LogP contribution in [-0.2, 0) is 6.61 Å². The van der Waals surface area contributed by atoms with Gasteiger partial charge in [-0.15, -0.1) is 0 Å². The van der Waals surface area contributed by atoms with E-state index in [0.717, 1.165) is 41.3 Å². The lowest BCUT2D eigenvalue weighted by atomic mass is 9.88. The maximum absolute atomic E-state index is 13.6. The van der Waals surface area contributed by atoms with Crippen LogP contribution in [0.4, 0.5) is 5.69 Å². The highest BCUT2D eigenvalue weighted by molar-refractivity contribution is 9.10. The SMILES string of the molecule is Cc1ccc(COc2ccc([N+](=O)[O-])cc2C=Nn2c(C3CCCCC3)nc3ccc(Br)cc3c2=O)cc1. The van der Waals surface area contributed by atoms with Gasteiger partial charge in [0.05, 0.1) is 22.0 Å². The van der Waals surface area contributed by atoms with E-state index in [1.54, 1.807) is 12.1 Å². The molecule has 1 fully saturated rings. The summed E-state index contributed by atoms with van der Waals surface area (Å²) in [6.07, 6.45) is 6.64. The number of ether oxygens (including phenoxy) is 1. The lowest BCUT2D eigenvalue weighted by molar-refractivity contribution is -0.384. The Morgan fingerprint density at radius 3 is 2.61 bits per heavy atom. The predicted molar refractivity (Wildman–Crippen MR) is 151 cm³/mol. The molecule has 1 aromatic heterocycles. The van der Waals surface area contributed by atoms with Gasteiger partial charge in [0, 0.05) is 28.1 Å². The van der Waals surface area contributed by atoms with Crippen LogP contribution >= 0.6 is 15.9 Å². The summed E-state index contributed by atoms with van der Waals surface area (Å²) in [5.41, 5.74) is 2.78. The van der Waals surface area contributed by atoms with Crippen molar-refractivity contribution in [2.24, 2.45) is 5.10 Å². The Kier molecular flexibility index (Phi) is 7.64. The van der Waals surface area contributed by atoms with Crippen molar-refractivity contribution in [1.82, 2.24) is 9.66 Å². The van der Waals surface area contributed by atoms with Crippen molar-refractivity contribution >= 4 is 38.7 Å². The molecule has 0 bridgehead atoms. The molecule has 0 amide bonds. The smallest absolute Gasteiger partial charge is 0.282 e. The maximum Gasteiger partial charge on any atom is 0.282 e. The topological polar surface area (TPSA) is 99.6 Å². The Morgan fingerprint density at radius 1 is 1.11 bits per heavy atom. The number of hydrogen-bond acceptors (Lipinski definition) is 6. The van der Waals surface area contributed by atoms with Gasteiger partial charge in [-0.25, -0.2) is 4.98 Å². The van der Waals surface area contributed by atoms with E-state index in [2.05, 4.69) is 21.0 Å². The van der Waals surface area contributed by atoms with Gasteiger partial charge >= 0.3 is 0 Å². The largest absolute Gasteiger partial charge is 0.488 e. The summed E-state index contributed by atoms with van der Waals surface area (Å²) in [6.45, 7) is 2.30. The van der Waals surface area contributed by atoms with Crippen LogP contribution < -0.4 is 10.3 Å². The molecule has 1 aliphatic carbocycles. The summed E-state index contributed by atoms with van der Waals surface area (Å²) in [6, 6.07) is 17.8. The molecule has 0 aliphatic heterocycles. The number of fused-ring (bicyclic) bond motifs is 1. The zero-order chi connectivity index (χ0) is 26.6. The number of halogens is 1. The Morgan fingerprint density at radius 2 is 1.87 bits per heavy atom. The molecule has 194 valence electrons. The molecule has 3 aromatic carbocycles. The molecular formula is C29H27BrN4O4. The highest BCUT2D eigenvalue weighted by Gasteiger charge is 2.23. The fraction of sp³-hybridized carbons (Fsp3) is 0.276. The molecule has 0 N–H and O–H groups in total. The van der Waals surface area contributed by atoms with Crippen molar-refractivity contribution in [2.75, 3.05) is 0 Å². The summed E-state index contributed by atoms with van der Waals surface area (Å²) in [5, 5.41) is 16.5. The molecule has 1 heterocycles. The number of aryl methyl sites for hydroxylation is 1. The maximum atomic E-state index is 13.6. The molecular weight excluding hydrogens is 548 g/mol. The fourth-order valence-corrected chi connectivity index (χ4v) is 5.11. The average molecular weight is 575 g/mol. The standard InChI is InChI=1S/C29H27BrN4O4/c1-19-7-9-20(10-8-19)18-38-27-14-12-24(34(36)37)15-22(27)17-31-33-28(21-5-3-2-4-6-21)32-26-13-11-23(30)16-25(26)29(33)35/h7-17,21H,2-6,18H2,1H3. The number of rotatable bonds is 7. The lowest BCUT2D eigenvalue weighted by Crippen LogP contribution is -2.25. The molecule has 0 atom stereocenters. The Labute approximate surface area is 228 Å². The lowest BCUT2D eigenvalue weighted by Gasteiger charge is -2.22. The molecule has 1 saturated carbocycles. The van der Waals surface area contributed by atoms with E-state index >= 15 is 0 Å². The Balaban J connectivity index is 1.56. The first-order valence-electron chi connectivity index (χ1n) is 12.6. The molecule has 9 heteroatoms. The van der Waals surface area contributed by atoms with Gasteiger partial charge in [-0.3, -0.25) is 14.9 Å². The van der Waals surface area contributed by atoms with Crippen LogP contribution in [0.15, 0.2) is 75.0 Å². The third-order valence-electron chi connectivity index (χ3n) is 6.84. The minimum atomic E-state index is -0.462. The first-order chi connectivity index (χ1) is 18.4. The van der Waals surface area contributed by atoms with E-state index in [4.69, 9.17) is 9.72 Å². The molecule has 5 rings (SSSR count). The number of nitro benzene ring substituents is 1. The second-order valence-electron chi connectivity index (χ2n) is 9.58. The second-order valence-corrected chi connectivity index (χ2v) is 10.5. The van der Waals surface area contributed by atoms with E-state index in [-0.39, 0.29) is 23.8 Å². The third-order valence-corrected chi connectivity index (χ3v) is 7.33. The molecule has 1 aliphatic rings. The van der Waals surface area contributed by atoms with Gasteiger partial charge in [0.15, 0.2) is 0 Å². The number of nitrogens with zero attached hydrogens (tertiary/aromatic N) is 4. The minimum absolute atomic E-state index is 0.0884. The van der Waals surface area contributed by atoms with Crippen molar-refractivity contribution in [3.8, 4) is 5.75 Å². The van der Waals surface area contributed by atoms with Gasteiger partial charge in [-0.2, -0.15) is 9.78 Å². The van der Waals surface area contributed by atoms with Gasteiger partial charge < -0.3 is 4.74 Å². The van der Waals surface area contributed by atoms with Gasteiger partial charge in [-0.1, -0.05) is 65.0 Å². The van der Waals surface area contributed by atoms with Crippen molar-refractivity contribution in [1.29, 1.82) is 0 Å². The quantitative estimate of drug-likeness (QED) is 0.136. The number of nitro groups is 1. The van der Waals surface area contributed by atoms with Gasteiger partial charge in [-0.05, 0) is 49.6 Å². The first-order valence-corrected chi connectivity index (χ1v) is 13.4. The van der Waals surface area contributed by atoms with E-state index in [1.807, 2.05) is 43.3 Å². The molecule has 0 unspecified atom stereocenters. The highest BCUT2D eigenvalue weighted by atomic mass is 79.9. The summed E-state index contributed by atoms with van der Waals surface area (Å²) < 4.78 is 8.15. The average Bonchev–Trinajstić information content (AvgIpc) is 2.93. The zero-order valence-electron chi connectivity index (χ0n) is 21.0. The van der Waals surface area contributed by atoms with E-state index in [0.29, 0.717) is 28.0 Å². The van der Waals surface area contributed by atoms with Gasteiger partial charge in [0.1, 0.15) is 18.2 Å². The predicted octanol–water partition coefficient (Wildman–Crippen LogP) is 6.88. The number of benzene rings is 3. The van der Waals surface area contributed by atoms with Crippen LogP contribution in [0.2, 0.25) is 0 Å². The first kappa shape index (κ1) is 25.8. The summed E-state index contributed by atoms with van der Waals surface area (Å²) in [7, 11) is 0. The summed E-state index contributed by atoms with van der Waals surface area (Å²) in [5.74, 6) is 1.17. The molecule has 38 heavy (non-hydrogen) atoms. The molecule has 0 saturated heterocycles. The normalized spacial score (nSPS) is 14.3. The summed E-state index contributed by atoms with van der Waals surface area (Å²) >= 11 is 3.44. The highest BCUT2D eigenvalue weighted by Crippen LogP contribution is 2.32. The Bertz CT molecular complexity index is 1570. The zero-order valence-corrected chi connectivity index (χ0v) is 22.6. The molecule has 4 aromatic rings. The molecule has 0 radical (unpaired) electrons. The van der Waals surface area contributed by atoms with Crippen molar-refractivity contribution < 1.29 is 9.66 Å². The van der Waals surface area contributed by atoms with Crippen LogP contribution in [0.5, 0.6) is 5.75 Å². The molecule has 0 spiro atoms. The monoisotopic (exact) mass is 574 g/mol. The van der Waals surface area contributed by atoms with E-state index < -0.39 is 4.92 Å². The van der Waals surface area contributed by atoms with Crippen LogP contribution in [0.3, 0.4) is 0 Å². The van der Waals surface area contributed by atoms with Crippen LogP contribution in [0.1, 0.15) is 60.5 Å². The minimum Gasteiger partial charge on any atom is -0.488 e. The summed E-state index contributed by atoms with van der Waals surface area (Å²) in [4.78, 5) is 29.5. The van der Waals surface area contributed by atoms with Crippen LogP contribution in [0, 0.1) is 17.0 Å². The van der Waals surface area contributed by atoms with Crippen molar-refractivity contribution in [3.63, 3.8) is 0 Å². The van der Waals surface area contributed by atoms with Crippen molar-refractivity contribution in [3.05, 3.63) is 108 Å². The third kappa shape index (κ3) is 5.67. The fourth-order valence-electron chi connectivity index (χ4n) is 4.75. The van der Waals surface area contributed by atoms with E-state index in [9.17, 15) is 14.9 Å². The van der Waals surface area contributed by atoms with E-state index in [1.165, 1.54) is 29.4 Å². The number of non-ortho nitro benzene ring substituents is 1.